The number of anilines is 1. The third-order valence-corrected chi connectivity index (χ3v) is 4.47. The highest BCUT2D eigenvalue weighted by atomic mass is 16.3. The normalized spacial score (nSPS) is 20.8. The zero-order valence-corrected chi connectivity index (χ0v) is 13.6. The van der Waals surface area contributed by atoms with E-state index in [1.807, 2.05) is 18.2 Å². The second kappa shape index (κ2) is 7.40. The summed E-state index contributed by atoms with van der Waals surface area (Å²) in [6.07, 6.45) is 5.21. The van der Waals surface area contributed by atoms with Crippen molar-refractivity contribution in [1.29, 1.82) is 0 Å². The summed E-state index contributed by atoms with van der Waals surface area (Å²) in [7, 11) is 1.77. The number of pyridine rings is 2. The van der Waals surface area contributed by atoms with Gasteiger partial charge in [-0.3, -0.25) is 9.78 Å². The number of hydrogen-bond donors (Lipinski definition) is 3. The molecule has 6 heteroatoms. The molecule has 1 amide bonds. The molecule has 0 saturated heterocycles. The highest BCUT2D eigenvalue weighted by Crippen LogP contribution is 2.31. The second-order valence-corrected chi connectivity index (χ2v) is 6.17. The molecule has 2 aromatic rings. The van der Waals surface area contributed by atoms with Crippen LogP contribution in [0.3, 0.4) is 0 Å². The van der Waals surface area contributed by atoms with Crippen LogP contribution in [0, 0.1) is 5.92 Å². The average Bonchev–Trinajstić information content (AvgIpc) is 2.59. The van der Waals surface area contributed by atoms with Crippen LogP contribution < -0.4 is 10.6 Å². The lowest BCUT2D eigenvalue weighted by molar-refractivity contribution is 0.0238. The summed E-state index contributed by atoms with van der Waals surface area (Å²) in [6.45, 7) is 0. The van der Waals surface area contributed by atoms with Crippen molar-refractivity contribution in [2.75, 3.05) is 12.4 Å². The predicted octanol–water partition coefficient (Wildman–Crippen LogP) is 1.63. The molecule has 1 aliphatic carbocycles. The number of nitrogens with one attached hydrogen (secondary N) is 2. The molecule has 6 nitrogen and oxygen atoms in total. The number of carbonyl (C=O) groups excluding carboxylic acids is 1. The Morgan fingerprint density at radius 2 is 2.12 bits per heavy atom. The van der Waals surface area contributed by atoms with Crippen LogP contribution in [0.5, 0.6) is 0 Å². The van der Waals surface area contributed by atoms with Crippen molar-refractivity contribution in [1.82, 2.24) is 15.3 Å². The van der Waals surface area contributed by atoms with Crippen molar-refractivity contribution in [3.63, 3.8) is 0 Å². The molecule has 3 rings (SSSR count). The van der Waals surface area contributed by atoms with E-state index in [-0.39, 0.29) is 24.0 Å². The Kier molecular flexibility index (Phi) is 5.05. The van der Waals surface area contributed by atoms with E-state index in [0.717, 1.165) is 18.5 Å². The molecule has 0 radical (unpaired) electrons. The lowest BCUT2D eigenvalue weighted by Gasteiger charge is -2.38. The molecule has 0 unspecified atom stereocenters. The summed E-state index contributed by atoms with van der Waals surface area (Å²) < 4.78 is 0. The number of aromatic nitrogens is 2. The SMILES string of the molecule is CNc1cc(C(=O)N[C@H](Cc2ccccn2)C2CC(O)C2)ccn1. The molecule has 126 valence electrons. The highest BCUT2D eigenvalue weighted by Gasteiger charge is 2.35. The number of rotatable bonds is 6. The average molecular weight is 326 g/mol. The minimum Gasteiger partial charge on any atom is -0.393 e. The largest absolute Gasteiger partial charge is 0.393 e. The fraction of sp³-hybridized carbons (Fsp3) is 0.389. The van der Waals surface area contributed by atoms with Crippen LogP contribution in [-0.4, -0.2) is 40.2 Å². The first kappa shape index (κ1) is 16.4. The summed E-state index contributed by atoms with van der Waals surface area (Å²) in [5.41, 5.74) is 1.51. The molecule has 1 saturated carbocycles. The lowest BCUT2D eigenvalue weighted by atomic mass is 9.76. The van der Waals surface area contributed by atoms with Gasteiger partial charge in [-0.1, -0.05) is 6.07 Å². The number of amides is 1. The second-order valence-electron chi connectivity index (χ2n) is 6.17. The van der Waals surface area contributed by atoms with Gasteiger partial charge in [0.25, 0.3) is 5.91 Å². The minimum absolute atomic E-state index is 0.0398. The van der Waals surface area contributed by atoms with Crippen molar-refractivity contribution in [2.24, 2.45) is 5.92 Å². The Labute approximate surface area is 141 Å². The molecule has 1 aliphatic rings. The molecular formula is C18H22N4O2. The number of aliphatic hydroxyl groups is 1. The molecule has 0 aliphatic heterocycles. The summed E-state index contributed by atoms with van der Waals surface area (Å²) >= 11 is 0. The van der Waals surface area contributed by atoms with Crippen LogP contribution in [0.1, 0.15) is 28.9 Å². The number of hydrogen-bond acceptors (Lipinski definition) is 5. The Balaban J connectivity index is 1.72. The van der Waals surface area contributed by atoms with Crippen molar-refractivity contribution in [3.05, 3.63) is 54.0 Å². The first-order valence-electron chi connectivity index (χ1n) is 8.18. The molecule has 2 heterocycles. The van der Waals surface area contributed by atoms with Crippen molar-refractivity contribution < 1.29 is 9.90 Å². The smallest absolute Gasteiger partial charge is 0.251 e. The third kappa shape index (κ3) is 3.89. The van der Waals surface area contributed by atoms with Gasteiger partial charge in [0.2, 0.25) is 0 Å². The lowest BCUT2D eigenvalue weighted by Crippen LogP contribution is -2.48. The molecule has 2 aromatic heterocycles. The fourth-order valence-corrected chi connectivity index (χ4v) is 3.00. The van der Waals surface area contributed by atoms with E-state index in [9.17, 15) is 9.90 Å². The molecule has 0 bridgehead atoms. The molecule has 3 N–H and O–H groups in total. The number of carbonyl (C=O) groups is 1. The van der Waals surface area contributed by atoms with Gasteiger partial charge in [0.05, 0.1) is 6.10 Å². The molecule has 0 aromatic carbocycles. The van der Waals surface area contributed by atoms with Crippen LogP contribution in [-0.2, 0) is 6.42 Å². The quantitative estimate of drug-likeness (QED) is 0.751. The first-order chi connectivity index (χ1) is 11.7. The zero-order valence-electron chi connectivity index (χ0n) is 13.6. The van der Waals surface area contributed by atoms with E-state index in [4.69, 9.17) is 0 Å². The maximum absolute atomic E-state index is 12.6. The van der Waals surface area contributed by atoms with Gasteiger partial charge in [0, 0.05) is 43.2 Å². The van der Waals surface area contributed by atoms with Gasteiger partial charge < -0.3 is 15.7 Å². The van der Waals surface area contributed by atoms with Crippen LogP contribution in [0.15, 0.2) is 42.7 Å². The molecule has 0 spiro atoms. The monoisotopic (exact) mass is 326 g/mol. The van der Waals surface area contributed by atoms with Gasteiger partial charge in [0.1, 0.15) is 5.82 Å². The first-order valence-corrected chi connectivity index (χ1v) is 8.18. The summed E-state index contributed by atoms with van der Waals surface area (Å²) in [5.74, 6) is 0.802. The number of aliphatic hydroxyl groups excluding tert-OH is 1. The van der Waals surface area contributed by atoms with E-state index >= 15 is 0 Å². The van der Waals surface area contributed by atoms with E-state index in [1.54, 1.807) is 31.6 Å². The zero-order chi connectivity index (χ0) is 16.9. The van der Waals surface area contributed by atoms with Crippen molar-refractivity contribution in [3.8, 4) is 0 Å². The Morgan fingerprint density at radius 1 is 1.29 bits per heavy atom. The van der Waals surface area contributed by atoms with Crippen molar-refractivity contribution in [2.45, 2.75) is 31.4 Å². The maximum atomic E-state index is 12.6. The van der Waals surface area contributed by atoms with Gasteiger partial charge in [0.15, 0.2) is 0 Å². The summed E-state index contributed by atoms with van der Waals surface area (Å²) in [5, 5.41) is 15.7. The summed E-state index contributed by atoms with van der Waals surface area (Å²) in [4.78, 5) is 21.1. The molecular weight excluding hydrogens is 304 g/mol. The van der Waals surface area contributed by atoms with Crippen LogP contribution in [0.2, 0.25) is 0 Å². The topological polar surface area (TPSA) is 87.1 Å². The third-order valence-electron chi connectivity index (χ3n) is 4.47. The van der Waals surface area contributed by atoms with E-state index in [1.165, 1.54) is 0 Å². The van der Waals surface area contributed by atoms with E-state index in [0.29, 0.717) is 17.8 Å². The molecule has 1 fully saturated rings. The van der Waals surface area contributed by atoms with Crippen molar-refractivity contribution >= 4 is 11.7 Å². The van der Waals surface area contributed by atoms with Crippen LogP contribution in [0.25, 0.3) is 0 Å². The van der Waals surface area contributed by atoms with Gasteiger partial charge >= 0.3 is 0 Å². The van der Waals surface area contributed by atoms with Gasteiger partial charge in [-0.05, 0) is 43.0 Å². The Hall–Kier alpha value is -2.47. The highest BCUT2D eigenvalue weighted by molar-refractivity contribution is 5.95. The summed E-state index contributed by atoms with van der Waals surface area (Å²) in [6, 6.07) is 9.16. The van der Waals surface area contributed by atoms with E-state index < -0.39 is 0 Å². The van der Waals surface area contributed by atoms with Gasteiger partial charge in [-0.25, -0.2) is 4.98 Å². The van der Waals surface area contributed by atoms with Gasteiger partial charge in [-0.15, -0.1) is 0 Å². The van der Waals surface area contributed by atoms with E-state index in [2.05, 4.69) is 20.6 Å². The molecule has 24 heavy (non-hydrogen) atoms. The van der Waals surface area contributed by atoms with Crippen LogP contribution >= 0.6 is 0 Å². The minimum atomic E-state index is -0.255. The Bertz CT molecular complexity index is 686. The van der Waals surface area contributed by atoms with Gasteiger partial charge in [-0.2, -0.15) is 0 Å². The number of nitrogens with zero attached hydrogens (tertiary/aromatic N) is 2. The fourth-order valence-electron chi connectivity index (χ4n) is 3.00. The van der Waals surface area contributed by atoms with Crippen LogP contribution in [0.4, 0.5) is 5.82 Å². The standard InChI is InChI=1S/C18H22N4O2/c1-19-17-10-12(5-7-21-17)18(24)22-16(13-8-15(23)9-13)11-14-4-2-3-6-20-14/h2-7,10,13,15-16,23H,8-9,11H2,1H3,(H,19,21)(H,22,24)/t13?,15?,16-/m1/s1. The Morgan fingerprint density at radius 3 is 2.79 bits per heavy atom. The predicted molar refractivity (Wildman–Crippen MR) is 91.7 cm³/mol. The molecule has 1 atom stereocenters. The maximum Gasteiger partial charge on any atom is 0.251 e.